The molecule has 62 valence electrons. The third kappa shape index (κ3) is 2.61. The van der Waals surface area contributed by atoms with E-state index in [1.807, 2.05) is 13.0 Å². The standard InChI is InChI=1S/C7H9Br2NO/c1-4(10)2-5-3-6(8)7(9)11-5/h3-4H,2,10H2,1H3/t4-/m1/s1. The van der Waals surface area contributed by atoms with Gasteiger partial charge in [0.15, 0.2) is 4.67 Å². The van der Waals surface area contributed by atoms with Crippen LogP contribution in [0.25, 0.3) is 0 Å². The number of hydrogen-bond donors (Lipinski definition) is 1. The highest BCUT2D eigenvalue weighted by atomic mass is 79.9. The van der Waals surface area contributed by atoms with Crippen molar-refractivity contribution in [2.45, 2.75) is 19.4 Å². The van der Waals surface area contributed by atoms with E-state index in [9.17, 15) is 0 Å². The first-order chi connectivity index (χ1) is 5.09. The molecule has 11 heavy (non-hydrogen) atoms. The molecule has 0 aliphatic rings. The first-order valence-corrected chi connectivity index (χ1v) is 4.87. The fourth-order valence-electron chi connectivity index (χ4n) is 0.809. The van der Waals surface area contributed by atoms with Gasteiger partial charge in [0.25, 0.3) is 0 Å². The Morgan fingerprint density at radius 3 is 2.64 bits per heavy atom. The summed E-state index contributed by atoms with van der Waals surface area (Å²) >= 11 is 6.58. The second-order valence-corrected chi connectivity index (χ2v) is 4.09. The number of rotatable bonds is 2. The van der Waals surface area contributed by atoms with Gasteiger partial charge >= 0.3 is 0 Å². The molecule has 0 amide bonds. The lowest BCUT2D eigenvalue weighted by atomic mass is 10.2. The van der Waals surface area contributed by atoms with Crippen molar-refractivity contribution in [3.05, 3.63) is 21.0 Å². The highest BCUT2D eigenvalue weighted by molar-refractivity contribution is 9.13. The van der Waals surface area contributed by atoms with E-state index in [-0.39, 0.29) is 6.04 Å². The minimum Gasteiger partial charge on any atom is -0.453 e. The highest BCUT2D eigenvalue weighted by Crippen LogP contribution is 2.27. The van der Waals surface area contributed by atoms with E-state index in [4.69, 9.17) is 10.2 Å². The van der Waals surface area contributed by atoms with E-state index < -0.39 is 0 Å². The summed E-state index contributed by atoms with van der Waals surface area (Å²) in [6.07, 6.45) is 0.768. The first kappa shape index (κ1) is 9.29. The van der Waals surface area contributed by atoms with Crippen molar-refractivity contribution >= 4 is 31.9 Å². The maximum Gasteiger partial charge on any atom is 0.183 e. The van der Waals surface area contributed by atoms with Crippen molar-refractivity contribution in [3.8, 4) is 0 Å². The van der Waals surface area contributed by atoms with Crippen molar-refractivity contribution in [2.24, 2.45) is 5.73 Å². The highest BCUT2D eigenvalue weighted by Gasteiger charge is 2.06. The van der Waals surface area contributed by atoms with E-state index in [2.05, 4.69) is 31.9 Å². The van der Waals surface area contributed by atoms with Crippen LogP contribution in [-0.2, 0) is 6.42 Å². The molecule has 2 nitrogen and oxygen atoms in total. The van der Waals surface area contributed by atoms with Gasteiger partial charge in [0, 0.05) is 12.5 Å². The zero-order valence-corrected chi connectivity index (χ0v) is 9.28. The zero-order valence-electron chi connectivity index (χ0n) is 6.10. The van der Waals surface area contributed by atoms with Crippen LogP contribution in [0.4, 0.5) is 0 Å². The Morgan fingerprint density at radius 1 is 1.64 bits per heavy atom. The van der Waals surface area contributed by atoms with Crippen molar-refractivity contribution in [3.63, 3.8) is 0 Å². The summed E-state index contributed by atoms with van der Waals surface area (Å²) in [7, 11) is 0. The average molecular weight is 283 g/mol. The molecule has 2 N–H and O–H groups in total. The summed E-state index contributed by atoms with van der Waals surface area (Å²) in [5.74, 6) is 0.902. The second kappa shape index (κ2) is 3.74. The SMILES string of the molecule is C[C@@H](N)Cc1cc(Br)c(Br)o1. The van der Waals surface area contributed by atoms with Gasteiger partial charge in [-0.05, 0) is 44.8 Å². The summed E-state index contributed by atoms with van der Waals surface area (Å²) in [5.41, 5.74) is 5.59. The van der Waals surface area contributed by atoms with Crippen LogP contribution in [0.3, 0.4) is 0 Å². The predicted molar refractivity (Wildman–Crippen MR) is 51.5 cm³/mol. The summed E-state index contributed by atoms with van der Waals surface area (Å²) < 4.78 is 6.98. The number of nitrogens with two attached hydrogens (primary N) is 1. The van der Waals surface area contributed by atoms with E-state index in [0.717, 1.165) is 21.3 Å². The molecule has 0 aliphatic heterocycles. The number of hydrogen-bond acceptors (Lipinski definition) is 2. The van der Waals surface area contributed by atoms with Gasteiger partial charge in [-0.1, -0.05) is 0 Å². The summed E-state index contributed by atoms with van der Waals surface area (Å²) in [6, 6.07) is 2.06. The van der Waals surface area contributed by atoms with Crippen LogP contribution in [0.1, 0.15) is 12.7 Å². The van der Waals surface area contributed by atoms with Crippen molar-refractivity contribution in [1.29, 1.82) is 0 Å². The first-order valence-electron chi connectivity index (χ1n) is 3.29. The number of halogens is 2. The van der Waals surface area contributed by atoms with E-state index in [1.165, 1.54) is 0 Å². The minimum absolute atomic E-state index is 0.139. The van der Waals surface area contributed by atoms with Gasteiger partial charge < -0.3 is 10.2 Å². The fourth-order valence-corrected chi connectivity index (χ4v) is 1.47. The van der Waals surface area contributed by atoms with Crippen LogP contribution in [0.2, 0.25) is 0 Å². The monoisotopic (exact) mass is 281 g/mol. The molecular weight excluding hydrogens is 274 g/mol. The normalized spacial score (nSPS) is 13.5. The average Bonchev–Trinajstić information content (AvgIpc) is 2.10. The molecule has 1 aromatic rings. The topological polar surface area (TPSA) is 39.2 Å². The smallest absolute Gasteiger partial charge is 0.183 e. The Morgan fingerprint density at radius 2 is 2.27 bits per heavy atom. The third-order valence-corrected chi connectivity index (χ3v) is 2.93. The van der Waals surface area contributed by atoms with Crippen molar-refractivity contribution in [2.75, 3.05) is 0 Å². The minimum atomic E-state index is 0.139. The third-order valence-electron chi connectivity index (χ3n) is 1.22. The molecule has 0 aromatic carbocycles. The van der Waals surface area contributed by atoms with Gasteiger partial charge in [0.1, 0.15) is 5.76 Å². The molecule has 0 aliphatic carbocycles. The van der Waals surface area contributed by atoms with Crippen molar-refractivity contribution < 1.29 is 4.42 Å². The second-order valence-electron chi connectivity index (χ2n) is 2.52. The zero-order chi connectivity index (χ0) is 8.43. The van der Waals surface area contributed by atoms with Crippen LogP contribution in [0.15, 0.2) is 19.6 Å². The molecule has 1 heterocycles. The summed E-state index contributed by atoms with van der Waals surface area (Å²) in [5, 5.41) is 0. The molecule has 1 atom stereocenters. The molecular formula is C7H9Br2NO. The Hall–Kier alpha value is 0.200. The molecule has 0 unspecified atom stereocenters. The largest absolute Gasteiger partial charge is 0.453 e. The summed E-state index contributed by atoms with van der Waals surface area (Å²) in [6.45, 7) is 1.95. The Bertz CT molecular complexity index is 225. The van der Waals surface area contributed by atoms with E-state index in [1.54, 1.807) is 0 Å². The molecule has 4 heteroatoms. The maximum atomic E-state index is 5.59. The van der Waals surface area contributed by atoms with E-state index >= 15 is 0 Å². The van der Waals surface area contributed by atoms with Crippen LogP contribution in [0.5, 0.6) is 0 Å². The Balaban J connectivity index is 2.73. The fraction of sp³-hybridized carbons (Fsp3) is 0.429. The van der Waals surface area contributed by atoms with Crippen LogP contribution in [0, 0.1) is 0 Å². The van der Waals surface area contributed by atoms with Crippen LogP contribution < -0.4 is 5.73 Å². The lowest BCUT2D eigenvalue weighted by Gasteiger charge is -1.98. The van der Waals surface area contributed by atoms with Gasteiger partial charge in [-0.3, -0.25) is 0 Å². The molecule has 0 fully saturated rings. The van der Waals surface area contributed by atoms with Gasteiger partial charge in [0.05, 0.1) is 4.47 Å². The molecule has 1 aromatic heterocycles. The van der Waals surface area contributed by atoms with Gasteiger partial charge in [-0.2, -0.15) is 0 Å². The van der Waals surface area contributed by atoms with Gasteiger partial charge in [0.2, 0.25) is 0 Å². The molecule has 0 spiro atoms. The molecule has 1 rings (SSSR count). The number of furan rings is 1. The van der Waals surface area contributed by atoms with Crippen LogP contribution in [-0.4, -0.2) is 6.04 Å². The maximum absolute atomic E-state index is 5.59. The van der Waals surface area contributed by atoms with Gasteiger partial charge in [-0.25, -0.2) is 0 Å². The molecule has 0 saturated heterocycles. The predicted octanol–water partition coefficient (Wildman–Crippen LogP) is 2.69. The molecule has 0 radical (unpaired) electrons. The van der Waals surface area contributed by atoms with Crippen LogP contribution >= 0.6 is 31.9 Å². The Kier molecular flexibility index (Phi) is 3.16. The van der Waals surface area contributed by atoms with Gasteiger partial charge in [-0.15, -0.1) is 0 Å². The molecule has 0 saturated carbocycles. The van der Waals surface area contributed by atoms with E-state index in [0.29, 0.717) is 0 Å². The lowest BCUT2D eigenvalue weighted by molar-refractivity contribution is 0.472. The quantitative estimate of drug-likeness (QED) is 0.906. The lowest BCUT2D eigenvalue weighted by Crippen LogP contribution is -2.17. The van der Waals surface area contributed by atoms with Crippen molar-refractivity contribution in [1.82, 2.24) is 0 Å². The summed E-state index contributed by atoms with van der Waals surface area (Å²) in [4.78, 5) is 0. The Labute approximate surface area is 82.4 Å². The molecule has 0 bridgehead atoms.